The Bertz CT molecular complexity index is 1350. The molecule has 4 amide bonds. The molecule has 0 saturated carbocycles. The van der Waals surface area contributed by atoms with Crippen LogP contribution in [0.4, 0.5) is 10.5 Å². The molecule has 0 atom stereocenters. The first kappa shape index (κ1) is 24.2. The lowest BCUT2D eigenvalue weighted by atomic mass is 10.1. The van der Waals surface area contributed by atoms with E-state index >= 15 is 0 Å². The molecule has 9 nitrogen and oxygen atoms in total. The summed E-state index contributed by atoms with van der Waals surface area (Å²) < 4.78 is 11.5. The summed E-state index contributed by atoms with van der Waals surface area (Å²) in [4.78, 5) is 49.7. The minimum atomic E-state index is -1.01. The molecule has 1 fully saturated rings. The minimum Gasteiger partial charge on any atom is -0.490 e. The molecular weight excluding hydrogens is 464 g/mol. The van der Waals surface area contributed by atoms with Crippen LogP contribution in [0.25, 0.3) is 6.08 Å². The van der Waals surface area contributed by atoms with Crippen LogP contribution in [0, 0.1) is 0 Å². The van der Waals surface area contributed by atoms with Crippen molar-refractivity contribution in [3.8, 4) is 11.5 Å². The van der Waals surface area contributed by atoms with Gasteiger partial charge in [0.2, 0.25) is 0 Å². The summed E-state index contributed by atoms with van der Waals surface area (Å²) in [5, 5.41) is 11.2. The zero-order valence-corrected chi connectivity index (χ0v) is 19.3. The SMILES string of the molecule is CCOc1cc(/C=C2/C(=O)NC(=O)N(c3ccccc3)C2=O)ccc1OCc1ccc(C(=O)O)cc1. The van der Waals surface area contributed by atoms with Gasteiger partial charge in [0.25, 0.3) is 11.8 Å². The van der Waals surface area contributed by atoms with Crippen LogP contribution in [0.15, 0.2) is 78.4 Å². The fraction of sp³-hybridized carbons (Fsp3) is 0.111. The van der Waals surface area contributed by atoms with E-state index in [1.165, 1.54) is 18.2 Å². The highest BCUT2D eigenvalue weighted by Crippen LogP contribution is 2.31. The number of rotatable bonds is 8. The molecule has 2 N–H and O–H groups in total. The number of nitrogens with zero attached hydrogens (tertiary/aromatic N) is 1. The van der Waals surface area contributed by atoms with Crippen molar-refractivity contribution in [2.24, 2.45) is 0 Å². The van der Waals surface area contributed by atoms with Crippen LogP contribution in [0.1, 0.15) is 28.4 Å². The third-order valence-corrected chi connectivity index (χ3v) is 5.29. The van der Waals surface area contributed by atoms with Crippen molar-refractivity contribution in [2.75, 3.05) is 11.5 Å². The molecule has 3 aromatic carbocycles. The molecule has 0 aliphatic carbocycles. The number of carboxylic acids is 1. The lowest BCUT2D eigenvalue weighted by molar-refractivity contribution is -0.122. The standard InChI is InChI=1S/C27H22N2O7/c1-2-35-23-15-18(10-13-22(23)36-16-17-8-11-19(12-9-17)26(32)33)14-21-24(30)28-27(34)29(25(21)31)20-6-4-3-5-7-20/h3-15H,2,16H2,1H3,(H,32,33)(H,28,30,34)/b21-14-. The Balaban J connectivity index is 1.57. The van der Waals surface area contributed by atoms with E-state index in [2.05, 4.69) is 5.32 Å². The molecular formula is C27H22N2O7. The van der Waals surface area contributed by atoms with Crippen LogP contribution in [0.3, 0.4) is 0 Å². The van der Waals surface area contributed by atoms with Gasteiger partial charge in [-0.1, -0.05) is 36.4 Å². The maximum Gasteiger partial charge on any atom is 0.335 e. The fourth-order valence-corrected chi connectivity index (χ4v) is 3.54. The highest BCUT2D eigenvalue weighted by Gasteiger charge is 2.36. The Morgan fingerprint density at radius 3 is 2.33 bits per heavy atom. The summed E-state index contributed by atoms with van der Waals surface area (Å²) >= 11 is 0. The first-order chi connectivity index (χ1) is 17.4. The van der Waals surface area contributed by atoms with Gasteiger partial charge in [-0.15, -0.1) is 0 Å². The number of amides is 4. The number of carboxylic acid groups (broad SMARTS) is 1. The Labute approximate surface area is 206 Å². The molecule has 1 heterocycles. The summed E-state index contributed by atoms with van der Waals surface area (Å²) in [5.74, 6) is -1.71. The van der Waals surface area contributed by atoms with Crippen LogP contribution >= 0.6 is 0 Å². The molecule has 1 aliphatic rings. The van der Waals surface area contributed by atoms with Crippen molar-refractivity contribution in [3.63, 3.8) is 0 Å². The number of urea groups is 1. The second-order valence-corrected chi connectivity index (χ2v) is 7.72. The molecule has 3 aromatic rings. The highest BCUT2D eigenvalue weighted by atomic mass is 16.5. The Kier molecular flexibility index (Phi) is 7.10. The zero-order valence-electron chi connectivity index (χ0n) is 19.3. The molecule has 1 saturated heterocycles. The van der Waals surface area contributed by atoms with Gasteiger partial charge >= 0.3 is 12.0 Å². The van der Waals surface area contributed by atoms with Crippen molar-refractivity contribution < 1.29 is 33.8 Å². The van der Waals surface area contributed by atoms with E-state index in [9.17, 15) is 19.2 Å². The van der Waals surface area contributed by atoms with Gasteiger partial charge in [-0.2, -0.15) is 0 Å². The fourth-order valence-electron chi connectivity index (χ4n) is 3.54. The molecule has 4 rings (SSSR count). The lowest BCUT2D eigenvalue weighted by Crippen LogP contribution is -2.54. The molecule has 9 heteroatoms. The van der Waals surface area contributed by atoms with Gasteiger partial charge in [-0.3, -0.25) is 14.9 Å². The number of hydrogen-bond donors (Lipinski definition) is 2. The number of aromatic carboxylic acids is 1. The molecule has 0 bridgehead atoms. The third-order valence-electron chi connectivity index (χ3n) is 5.29. The van der Waals surface area contributed by atoms with Crippen LogP contribution in [-0.2, 0) is 16.2 Å². The average molecular weight is 486 g/mol. The van der Waals surface area contributed by atoms with E-state index in [0.29, 0.717) is 29.4 Å². The number of nitrogens with one attached hydrogen (secondary N) is 1. The van der Waals surface area contributed by atoms with E-state index in [1.54, 1.807) is 67.6 Å². The zero-order chi connectivity index (χ0) is 25.7. The van der Waals surface area contributed by atoms with Crippen molar-refractivity contribution in [3.05, 3.63) is 95.1 Å². The van der Waals surface area contributed by atoms with Gasteiger partial charge in [-0.25, -0.2) is 14.5 Å². The molecule has 182 valence electrons. The van der Waals surface area contributed by atoms with Crippen molar-refractivity contribution in [2.45, 2.75) is 13.5 Å². The summed E-state index contributed by atoms with van der Waals surface area (Å²) in [6.45, 7) is 2.33. The van der Waals surface area contributed by atoms with Gasteiger partial charge in [-0.05, 0) is 60.5 Å². The molecule has 36 heavy (non-hydrogen) atoms. The van der Waals surface area contributed by atoms with E-state index in [4.69, 9.17) is 14.6 Å². The average Bonchev–Trinajstić information content (AvgIpc) is 2.87. The topological polar surface area (TPSA) is 122 Å². The number of para-hydroxylation sites is 1. The predicted molar refractivity (Wildman–Crippen MR) is 131 cm³/mol. The van der Waals surface area contributed by atoms with Crippen molar-refractivity contribution in [1.29, 1.82) is 0 Å². The number of imide groups is 2. The van der Waals surface area contributed by atoms with E-state index < -0.39 is 23.8 Å². The predicted octanol–water partition coefficient (Wildman–Crippen LogP) is 4.03. The number of hydrogen-bond acceptors (Lipinski definition) is 6. The quantitative estimate of drug-likeness (QED) is 0.364. The Morgan fingerprint density at radius 1 is 0.944 bits per heavy atom. The van der Waals surface area contributed by atoms with Crippen molar-refractivity contribution in [1.82, 2.24) is 5.32 Å². The maximum atomic E-state index is 13.0. The van der Waals surface area contributed by atoms with Gasteiger partial charge in [0.15, 0.2) is 11.5 Å². The first-order valence-corrected chi connectivity index (χ1v) is 11.1. The lowest BCUT2D eigenvalue weighted by Gasteiger charge is -2.26. The van der Waals surface area contributed by atoms with Gasteiger partial charge in [0.05, 0.1) is 17.9 Å². The molecule has 0 aromatic heterocycles. The number of ether oxygens (including phenoxy) is 2. The highest BCUT2D eigenvalue weighted by molar-refractivity contribution is 6.39. The minimum absolute atomic E-state index is 0.176. The number of benzene rings is 3. The summed E-state index contributed by atoms with van der Waals surface area (Å²) in [6, 6.07) is 18.7. The molecule has 0 unspecified atom stereocenters. The Morgan fingerprint density at radius 2 is 1.67 bits per heavy atom. The monoisotopic (exact) mass is 486 g/mol. The van der Waals surface area contributed by atoms with E-state index in [1.807, 2.05) is 0 Å². The van der Waals surface area contributed by atoms with E-state index in [-0.39, 0.29) is 17.7 Å². The number of anilines is 1. The first-order valence-electron chi connectivity index (χ1n) is 11.1. The van der Waals surface area contributed by atoms with Crippen LogP contribution < -0.4 is 19.7 Å². The largest absolute Gasteiger partial charge is 0.490 e. The summed E-state index contributed by atoms with van der Waals surface area (Å²) in [7, 11) is 0. The third kappa shape index (κ3) is 5.25. The van der Waals surface area contributed by atoms with Gasteiger partial charge in [0.1, 0.15) is 12.2 Å². The van der Waals surface area contributed by atoms with Crippen LogP contribution in [-0.4, -0.2) is 35.5 Å². The summed E-state index contributed by atoms with van der Waals surface area (Å²) in [5.41, 5.74) is 1.59. The smallest absolute Gasteiger partial charge is 0.335 e. The maximum absolute atomic E-state index is 13.0. The normalized spacial score (nSPS) is 14.5. The number of barbiturate groups is 1. The van der Waals surface area contributed by atoms with Crippen LogP contribution in [0.2, 0.25) is 0 Å². The van der Waals surface area contributed by atoms with Gasteiger partial charge < -0.3 is 14.6 Å². The second kappa shape index (κ2) is 10.6. The van der Waals surface area contributed by atoms with Crippen LogP contribution in [0.5, 0.6) is 11.5 Å². The van der Waals surface area contributed by atoms with Crippen molar-refractivity contribution >= 4 is 35.6 Å². The molecule has 0 radical (unpaired) electrons. The van der Waals surface area contributed by atoms with E-state index in [0.717, 1.165) is 10.5 Å². The Hall–Kier alpha value is -4.92. The second-order valence-electron chi connectivity index (χ2n) is 7.72. The van der Waals surface area contributed by atoms with Gasteiger partial charge in [0, 0.05) is 0 Å². The number of carbonyl (C=O) groups excluding carboxylic acids is 3. The molecule has 0 spiro atoms. The number of carbonyl (C=O) groups is 4. The summed E-state index contributed by atoms with van der Waals surface area (Å²) in [6.07, 6.45) is 1.39. The molecule has 1 aliphatic heterocycles.